The first-order valence-electron chi connectivity index (χ1n) is 6.83. The summed E-state index contributed by atoms with van der Waals surface area (Å²) in [6.07, 6.45) is 3.66. The van der Waals surface area contributed by atoms with Crippen molar-refractivity contribution >= 4 is 21.8 Å². The first-order valence-corrected chi connectivity index (χ1v) is 8.44. The summed E-state index contributed by atoms with van der Waals surface area (Å²) in [6.45, 7) is 2.04. The molecule has 0 aliphatic carbocycles. The number of rotatable bonds is 8. The average molecular weight is 328 g/mol. The number of carbonyl (C=O) groups excluding carboxylic acids is 2. The van der Waals surface area contributed by atoms with E-state index in [-0.39, 0.29) is 25.4 Å². The van der Waals surface area contributed by atoms with E-state index < -0.39 is 21.2 Å². The molecular formula is C13H20N4O4S. The molecule has 8 nitrogen and oxygen atoms in total. The number of primary sulfonamides is 1. The fourth-order valence-corrected chi connectivity index (χ4v) is 2.73. The lowest BCUT2D eigenvalue weighted by Crippen LogP contribution is -2.45. The number of carbonyl (C=O) groups is 2. The van der Waals surface area contributed by atoms with E-state index in [9.17, 15) is 18.0 Å². The fourth-order valence-electron chi connectivity index (χ4n) is 1.78. The van der Waals surface area contributed by atoms with Gasteiger partial charge in [0.05, 0.1) is 5.56 Å². The summed E-state index contributed by atoms with van der Waals surface area (Å²) < 4.78 is 22.7. The number of aromatic nitrogens is 1. The van der Waals surface area contributed by atoms with Crippen LogP contribution in [0.25, 0.3) is 0 Å². The highest BCUT2D eigenvalue weighted by atomic mass is 32.2. The van der Waals surface area contributed by atoms with Gasteiger partial charge in [0, 0.05) is 25.5 Å². The highest BCUT2D eigenvalue weighted by molar-refractivity contribution is 7.90. The normalized spacial score (nSPS) is 12.5. The lowest BCUT2D eigenvalue weighted by Gasteiger charge is -2.14. The minimum absolute atomic E-state index is 0.112. The smallest absolute Gasteiger partial charge is 0.252 e. The number of amides is 2. The molecule has 1 aromatic heterocycles. The number of nitrogens with two attached hydrogens (primary N) is 1. The Bertz CT molecular complexity index is 604. The summed E-state index contributed by atoms with van der Waals surface area (Å²) in [4.78, 5) is 27.3. The van der Waals surface area contributed by atoms with Crippen molar-refractivity contribution in [2.75, 3.05) is 13.1 Å². The van der Waals surface area contributed by atoms with Crippen LogP contribution in [0.3, 0.4) is 0 Å². The number of hydrogen-bond acceptors (Lipinski definition) is 5. The molecule has 0 bridgehead atoms. The molecular weight excluding hydrogens is 308 g/mol. The van der Waals surface area contributed by atoms with Crippen molar-refractivity contribution in [3.8, 4) is 0 Å². The molecule has 122 valence electrons. The molecule has 0 spiro atoms. The van der Waals surface area contributed by atoms with E-state index in [2.05, 4.69) is 15.6 Å². The zero-order chi connectivity index (χ0) is 16.6. The lowest BCUT2D eigenvalue weighted by molar-refractivity contribution is -0.120. The molecule has 1 heterocycles. The highest BCUT2D eigenvalue weighted by Crippen LogP contribution is 2.05. The van der Waals surface area contributed by atoms with E-state index in [1.165, 1.54) is 6.20 Å². The van der Waals surface area contributed by atoms with Gasteiger partial charge in [-0.25, -0.2) is 13.6 Å². The molecule has 4 N–H and O–H groups in total. The second-order valence-electron chi connectivity index (χ2n) is 4.65. The van der Waals surface area contributed by atoms with E-state index in [4.69, 9.17) is 5.14 Å². The van der Waals surface area contributed by atoms with Crippen LogP contribution < -0.4 is 15.8 Å². The average Bonchev–Trinajstić information content (AvgIpc) is 2.48. The van der Waals surface area contributed by atoms with Crippen molar-refractivity contribution in [3.05, 3.63) is 30.1 Å². The van der Waals surface area contributed by atoms with Crippen molar-refractivity contribution in [2.45, 2.75) is 25.0 Å². The molecule has 0 saturated carbocycles. The van der Waals surface area contributed by atoms with Crippen molar-refractivity contribution in [1.82, 2.24) is 15.6 Å². The molecule has 0 fully saturated rings. The lowest BCUT2D eigenvalue weighted by atomic mass is 10.2. The Balaban J connectivity index is 2.40. The molecule has 0 saturated heterocycles. The van der Waals surface area contributed by atoms with Gasteiger partial charge < -0.3 is 10.6 Å². The monoisotopic (exact) mass is 328 g/mol. The van der Waals surface area contributed by atoms with Crippen LogP contribution in [0.4, 0.5) is 0 Å². The van der Waals surface area contributed by atoms with Gasteiger partial charge in [0.25, 0.3) is 5.91 Å². The highest BCUT2D eigenvalue weighted by Gasteiger charge is 2.28. The molecule has 1 atom stereocenters. The Morgan fingerprint density at radius 2 is 2.00 bits per heavy atom. The number of sulfonamides is 1. The zero-order valence-electron chi connectivity index (χ0n) is 12.3. The predicted octanol–water partition coefficient (Wildman–Crippen LogP) is -0.615. The van der Waals surface area contributed by atoms with Crippen molar-refractivity contribution < 1.29 is 18.0 Å². The minimum atomic E-state index is -3.93. The van der Waals surface area contributed by atoms with E-state index in [0.717, 1.165) is 0 Å². The third-order valence-corrected chi connectivity index (χ3v) is 4.12. The van der Waals surface area contributed by atoms with E-state index in [1.807, 2.05) is 0 Å². The molecule has 1 unspecified atom stereocenters. The maximum atomic E-state index is 11.8. The third kappa shape index (κ3) is 5.78. The minimum Gasteiger partial charge on any atom is -0.353 e. The Morgan fingerprint density at radius 3 is 2.55 bits per heavy atom. The Kier molecular flexibility index (Phi) is 6.93. The first-order chi connectivity index (χ1) is 10.4. The molecule has 0 aliphatic heterocycles. The predicted molar refractivity (Wildman–Crippen MR) is 81.4 cm³/mol. The van der Waals surface area contributed by atoms with Crippen LogP contribution in [0, 0.1) is 0 Å². The SMILES string of the molecule is CCCC(C(=O)NCCNC(=O)c1cccnc1)S(N)(=O)=O. The van der Waals surface area contributed by atoms with E-state index in [0.29, 0.717) is 12.0 Å². The number of pyridine rings is 1. The van der Waals surface area contributed by atoms with Gasteiger partial charge >= 0.3 is 0 Å². The molecule has 9 heteroatoms. The van der Waals surface area contributed by atoms with Gasteiger partial charge in [-0.05, 0) is 18.6 Å². The fraction of sp³-hybridized carbons (Fsp3) is 0.462. The quantitative estimate of drug-likeness (QED) is 0.548. The van der Waals surface area contributed by atoms with Gasteiger partial charge in [0.15, 0.2) is 5.25 Å². The van der Waals surface area contributed by atoms with Gasteiger partial charge in [-0.2, -0.15) is 0 Å². The molecule has 2 amide bonds. The van der Waals surface area contributed by atoms with E-state index in [1.54, 1.807) is 25.3 Å². The maximum Gasteiger partial charge on any atom is 0.252 e. The second kappa shape index (κ2) is 8.44. The van der Waals surface area contributed by atoms with Crippen LogP contribution in [0.1, 0.15) is 30.1 Å². The third-order valence-electron chi connectivity index (χ3n) is 2.87. The van der Waals surface area contributed by atoms with Gasteiger partial charge in [0.1, 0.15) is 0 Å². The summed E-state index contributed by atoms with van der Waals surface area (Å²) in [5.74, 6) is -0.973. The summed E-state index contributed by atoms with van der Waals surface area (Å²) >= 11 is 0. The van der Waals surface area contributed by atoms with Crippen LogP contribution in [-0.2, 0) is 14.8 Å². The molecule has 0 aliphatic rings. The van der Waals surface area contributed by atoms with Crippen molar-refractivity contribution in [3.63, 3.8) is 0 Å². The van der Waals surface area contributed by atoms with Gasteiger partial charge in [0.2, 0.25) is 15.9 Å². The summed E-state index contributed by atoms with van der Waals surface area (Å²) in [6, 6.07) is 3.25. The molecule has 1 aromatic rings. The van der Waals surface area contributed by atoms with Crippen LogP contribution >= 0.6 is 0 Å². The van der Waals surface area contributed by atoms with Gasteiger partial charge in [-0.15, -0.1) is 0 Å². The van der Waals surface area contributed by atoms with Crippen LogP contribution in [0.2, 0.25) is 0 Å². The maximum absolute atomic E-state index is 11.8. The number of nitrogens with zero attached hydrogens (tertiary/aromatic N) is 1. The van der Waals surface area contributed by atoms with Crippen LogP contribution in [0.5, 0.6) is 0 Å². The largest absolute Gasteiger partial charge is 0.353 e. The summed E-state index contributed by atoms with van der Waals surface area (Å²) in [5, 5.41) is 8.81. The summed E-state index contributed by atoms with van der Waals surface area (Å²) in [5.41, 5.74) is 0.405. The molecule has 0 radical (unpaired) electrons. The Hall–Kier alpha value is -2.00. The van der Waals surface area contributed by atoms with Crippen LogP contribution in [0.15, 0.2) is 24.5 Å². The van der Waals surface area contributed by atoms with Gasteiger partial charge in [-0.1, -0.05) is 13.3 Å². The van der Waals surface area contributed by atoms with Crippen molar-refractivity contribution in [1.29, 1.82) is 0 Å². The molecule has 0 aromatic carbocycles. The van der Waals surface area contributed by atoms with E-state index >= 15 is 0 Å². The van der Waals surface area contributed by atoms with Crippen LogP contribution in [-0.4, -0.2) is 43.6 Å². The van der Waals surface area contributed by atoms with Crippen molar-refractivity contribution in [2.24, 2.45) is 5.14 Å². The van der Waals surface area contributed by atoms with Gasteiger partial charge in [-0.3, -0.25) is 14.6 Å². The standard InChI is InChI=1S/C13H20N4O4S/c1-2-4-11(22(14,20)21)13(19)17-8-7-16-12(18)10-5-3-6-15-9-10/h3,5-6,9,11H,2,4,7-8H2,1H3,(H,16,18)(H,17,19)(H2,14,20,21). The molecule has 1 rings (SSSR count). The topological polar surface area (TPSA) is 131 Å². The summed E-state index contributed by atoms with van der Waals surface area (Å²) in [7, 11) is -3.93. The zero-order valence-corrected chi connectivity index (χ0v) is 13.1. The second-order valence-corrected chi connectivity index (χ2v) is 6.40. The first kappa shape index (κ1) is 18.1. The number of hydrogen-bond donors (Lipinski definition) is 3. The number of nitrogens with one attached hydrogen (secondary N) is 2. The Labute approximate surface area is 129 Å². The molecule has 22 heavy (non-hydrogen) atoms. The Morgan fingerprint density at radius 1 is 1.32 bits per heavy atom.